The number of thioether (sulfide) groups is 2. The Morgan fingerprint density at radius 1 is 0.800 bits per heavy atom. The standard InChI is InChI=1S/C21H25N3O4S2/c1-6-9-29-17-15(25)12-11(8-3)22-19-14(20(27)24(5)21(28)23(19)4)13(12)16(26)18(17)30-10-7-2/h6-10H2,1-5H3. The monoisotopic (exact) mass is 447 g/mol. The van der Waals surface area contributed by atoms with E-state index in [0.717, 1.165) is 23.2 Å². The second-order valence-electron chi connectivity index (χ2n) is 7.08. The maximum Gasteiger partial charge on any atom is 0.332 e. The SMILES string of the molecule is CCCSC1=C(SCCC)C(=O)c2c(c(CC)nc3c2c(=O)n(C)c(=O)n3C)C1=O. The number of nitrogens with zero attached hydrogens (tertiary/aromatic N) is 3. The third-order valence-electron chi connectivity index (χ3n) is 4.97. The van der Waals surface area contributed by atoms with Crippen LogP contribution in [0.25, 0.3) is 11.0 Å². The van der Waals surface area contributed by atoms with E-state index >= 15 is 0 Å². The maximum absolute atomic E-state index is 13.7. The molecule has 0 radical (unpaired) electrons. The first-order chi connectivity index (χ1) is 14.3. The molecule has 0 aliphatic heterocycles. The van der Waals surface area contributed by atoms with Gasteiger partial charge in [-0.3, -0.25) is 23.5 Å². The van der Waals surface area contributed by atoms with E-state index in [1.54, 1.807) is 0 Å². The van der Waals surface area contributed by atoms with Crippen molar-refractivity contribution in [1.29, 1.82) is 0 Å². The Balaban J connectivity index is 2.46. The molecule has 2 aromatic heterocycles. The summed E-state index contributed by atoms with van der Waals surface area (Å²) in [5.74, 6) is 0.849. The van der Waals surface area contributed by atoms with Gasteiger partial charge in [0.25, 0.3) is 5.56 Å². The van der Waals surface area contributed by atoms with Gasteiger partial charge in [0.2, 0.25) is 11.6 Å². The average molecular weight is 448 g/mol. The normalized spacial score (nSPS) is 14.0. The number of allylic oxidation sites excluding steroid dienone is 2. The number of carbonyl (C=O) groups excluding carboxylic acids is 2. The summed E-state index contributed by atoms with van der Waals surface area (Å²) in [7, 11) is 2.88. The van der Waals surface area contributed by atoms with E-state index < -0.39 is 11.2 Å². The number of pyridine rings is 1. The van der Waals surface area contributed by atoms with Gasteiger partial charge in [0.05, 0.1) is 32.0 Å². The second-order valence-corrected chi connectivity index (χ2v) is 9.29. The zero-order valence-electron chi connectivity index (χ0n) is 17.8. The van der Waals surface area contributed by atoms with E-state index in [1.807, 2.05) is 20.8 Å². The quantitative estimate of drug-likeness (QED) is 0.644. The van der Waals surface area contributed by atoms with Crippen molar-refractivity contribution in [2.45, 2.75) is 40.0 Å². The summed E-state index contributed by atoms with van der Waals surface area (Å²) in [4.78, 5) is 58.0. The molecule has 0 spiro atoms. The minimum Gasteiger partial charge on any atom is -0.288 e. The van der Waals surface area contributed by atoms with Gasteiger partial charge in [-0.2, -0.15) is 0 Å². The molecule has 1 aliphatic rings. The summed E-state index contributed by atoms with van der Waals surface area (Å²) in [5, 5.41) is 0.0410. The molecular weight excluding hydrogens is 422 g/mol. The van der Waals surface area contributed by atoms with E-state index in [0.29, 0.717) is 27.7 Å². The Hall–Kier alpha value is -2.13. The Kier molecular flexibility index (Phi) is 6.71. The molecule has 0 amide bonds. The van der Waals surface area contributed by atoms with Gasteiger partial charge in [0.1, 0.15) is 5.65 Å². The Morgan fingerprint density at radius 2 is 1.33 bits per heavy atom. The molecule has 0 bridgehead atoms. The molecule has 0 atom stereocenters. The second kappa shape index (κ2) is 8.93. The molecule has 1 aliphatic carbocycles. The molecule has 30 heavy (non-hydrogen) atoms. The van der Waals surface area contributed by atoms with E-state index in [1.165, 1.54) is 42.2 Å². The minimum atomic E-state index is -0.606. The van der Waals surface area contributed by atoms with Crippen molar-refractivity contribution in [3.63, 3.8) is 0 Å². The van der Waals surface area contributed by atoms with Crippen LogP contribution in [0.1, 0.15) is 60.0 Å². The molecule has 0 aromatic carbocycles. The van der Waals surface area contributed by atoms with Crippen molar-refractivity contribution in [3.8, 4) is 0 Å². The van der Waals surface area contributed by atoms with Gasteiger partial charge >= 0.3 is 5.69 Å². The lowest BCUT2D eigenvalue weighted by Crippen LogP contribution is -2.39. The van der Waals surface area contributed by atoms with Gasteiger partial charge in [-0.1, -0.05) is 20.8 Å². The number of carbonyl (C=O) groups is 2. The summed E-state index contributed by atoms with van der Waals surface area (Å²) in [6, 6.07) is 0. The number of ketones is 2. The highest BCUT2D eigenvalue weighted by molar-refractivity contribution is 8.08. The molecule has 9 heteroatoms. The van der Waals surface area contributed by atoms with Gasteiger partial charge < -0.3 is 0 Å². The fourth-order valence-corrected chi connectivity index (χ4v) is 5.55. The summed E-state index contributed by atoms with van der Waals surface area (Å²) < 4.78 is 2.22. The summed E-state index contributed by atoms with van der Waals surface area (Å²) >= 11 is 2.75. The van der Waals surface area contributed by atoms with Crippen LogP contribution in [-0.4, -0.2) is 37.2 Å². The van der Waals surface area contributed by atoms with Crippen molar-refractivity contribution >= 4 is 46.1 Å². The zero-order valence-corrected chi connectivity index (χ0v) is 19.5. The fourth-order valence-electron chi connectivity index (χ4n) is 3.47. The molecule has 160 valence electrons. The molecule has 0 saturated carbocycles. The summed E-state index contributed by atoms with van der Waals surface area (Å²) in [6.45, 7) is 5.87. The predicted octanol–water partition coefficient (Wildman–Crippen LogP) is 3.07. The van der Waals surface area contributed by atoms with Crippen LogP contribution < -0.4 is 11.2 Å². The number of fused-ring (bicyclic) bond motifs is 3. The molecule has 7 nitrogen and oxygen atoms in total. The third kappa shape index (κ3) is 3.47. The Bertz CT molecular complexity index is 1210. The molecule has 0 fully saturated rings. The summed E-state index contributed by atoms with van der Waals surface area (Å²) in [5.41, 5.74) is -0.239. The van der Waals surface area contributed by atoms with Crippen LogP contribution in [0.5, 0.6) is 0 Å². The highest BCUT2D eigenvalue weighted by Crippen LogP contribution is 2.41. The van der Waals surface area contributed by atoms with Gasteiger partial charge in [0.15, 0.2) is 0 Å². The molecule has 2 aromatic rings. The van der Waals surface area contributed by atoms with Crippen LogP contribution in [-0.2, 0) is 20.5 Å². The molecule has 0 saturated heterocycles. The number of Topliss-reactive ketones (excluding diaryl/α,β-unsaturated/α-hetero) is 2. The average Bonchev–Trinajstić information content (AvgIpc) is 2.75. The lowest BCUT2D eigenvalue weighted by molar-refractivity contribution is 0.0988. The van der Waals surface area contributed by atoms with Gasteiger partial charge in [-0.25, -0.2) is 9.78 Å². The molecule has 0 N–H and O–H groups in total. The van der Waals surface area contributed by atoms with Gasteiger partial charge in [0, 0.05) is 14.1 Å². The highest BCUT2D eigenvalue weighted by Gasteiger charge is 2.38. The van der Waals surface area contributed by atoms with Gasteiger partial charge in [-0.05, 0) is 30.8 Å². The number of aryl methyl sites for hydroxylation is 2. The van der Waals surface area contributed by atoms with Gasteiger partial charge in [-0.15, -0.1) is 23.5 Å². The molecular formula is C21H25N3O4S2. The van der Waals surface area contributed by atoms with E-state index in [2.05, 4.69) is 4.98 Å². The fraction of sp³-hybridized carbons (Fsp3) is 0.476. The van der Waals surface area contributed by atoms with Crippen LogP contribution in [0.2, 0.25) is 0 Å². The van der Waals surface area contributed by atoms with E-state index in [-0.39, 0.29) is 33.7 Å². The first-order valence-corrected chi connectivity index (χ1v) is 12.0. The maximum atomic E-state index is 13.7. The lowest BCUT2D eigenvalue weighted by Gasteiger charge is -2.23. The number of rotatable bonds is 7. The van der Waals surface area contributed by atoms with Crippen molar-refractivity contribution in [2.75, 3.05) is 11.5 Å². The van der Waals surface area contributed by atoms with Crippen molar-refractivity contribution in [2.24, 2.45) is 14.1 Å². The summed E-state index contributed by atoms with van der Waals surface area (Å²) in [6.07, 6.45) is 2.12. The third-order valence-corrected chi connectivity index (χ3v) is 7.68. The first-order valence-electron chi connectivity index (χ1n) is 10.0. The highest BCUT2D eigenvalue weighted by atomic mass is 32.2. The van der Waals surface area contributed by atoms with Crippen LogP contribution in [0.4, 0.5) is 0 Å². The van der Waals surface area contributed by atoms with Crippen molar-refractivity contribution in [1.82, 2.24) is 14.1 Å². The largest absolute Gasteiger partial charge is 0.332 e. The van der Waals surface area contributed by atoms with Crippen LogP contribution in [0.15, 0.2) is 19.4 Å². The van der Waals surface area contributed by atoms with Crippen molar-refractivity contribution < 1.29 is 9.59 Å². The predicted molar refractivity (Wildman–Crippen MR) is 123 cm³/mol. The molecule has 2 heterocycles. The first kappa shape index (κ1) is 22.6. The smallest absolute Gasteiger partial charge is 0.288 e. The van der Waals surface area contributed by atoms with E-state index in [9.17, 15) is 19.2 Å². The Labute approximate surface area is 182 Å². The van der Waals surface area contributed by atoms with Crippen molar-refractivity contribution in [3.05, 3.63) is 47.5 Å². The molecule has 0 unspecified atom stereocenters. The molecule has 3 rings (SSSR count). The minimum absolute atomic E-state index is 0.0410. The van der Waals surface area contributed by atoms with Crippen LogP contribution in [0, 0.1) is 0 Å². The topological polar surface area (TPSA) is 91.0 Å². The Morgan fingerprint density at radius 3 is 1.83 bits per heavy atom. The zero-order chi connectivity index (χ0) is 22.2. The van der Waals surface area contributed by atoms with Crippen LogP contribution >= 0.6 is 23.5 Å². The lowest BCUT2D eigenvalue weighted by atomic mass is 9.90. The van der Waals surface area contributed by atoms with E-state index in [4.69, 9.17) is 0 Å². The van der Waals surface area contributed by atoms with Crippen LogP contribution in [0.3, 0.4) is 0 Å². The number of hydrogen-bond acceptors (Lipinski definition) is 7. The number of hydrogen-bond donors (Lipinski definition) is 0. The number of aromatic nitrogens is 3.